The molecule has 0 spiro atoms. The first kappa shape index (κ1) is 16.4. The maximum absolute atomic E-state index is 12.5. The zero-order valence-corrected chi connectivity index (χ0v) is 13.8. The van der Waals surface area contributed by atoms with Gasteiger partial charge >= 0.3 is 0 Å². The molecule has 2 aromatic heterocycles. The quantitative estimate of drug-likeness (QED) is 0.795. The fraction of sp³-hybridized carbons (Fsp3) is 0.562. The van der Waals surface area contributed by atoms with Crippen molar-refractivity contribution < 1.29 is 4.74 Å². The van der Waals surface area contributed by atoms with Crippen LogP contribution < -0.4 is 10.9 Å². The van der Waals surface area contributed by atoms with Crippen LogP contribution in [0.4, 0.5) is 5.95 Å². The summed E-state index contributed by atoms with van der Waals surface area (Å²) in [6, 6.07) is 1.88. The topological polar surface area (TPSA) is 69.0 Å². The number of hydrogen-bond acceptors (Lipinski definition) is 5. The van der Waals surface area contributed by atoms with Crippen LogP contribution in [0, 0.1) is 13.8 Å². The Balaban J connectivity index is 2.50. The number of anilines is 1. The zero-order valence-electron chi connectivity index (χ0n) is 13.8. The number of nitrogens with zero attached hydrogens (tertiary/aromatic N) is 3. The van der Waals surface area contributed by atoms with Gasteiger partial charge in [0, 0.05) is 37.3 Å². The second-order valence-corrected chi connectivity index (χ2v) is 5.23. The van der Waals surface area contributed by atoms with Gasteiger partial charge in [-0.05, 0) is 40.2 Å². The average Bonchev–Trinajstić information content (AvgIpc) is 2.48. The third kappa shape index (κ3) is 3.44. The van der Waals surface area contributed by atoms with Gasteiger partial charge in [0.2, 0.25) is 5.95 Å². The van der Waals surface area contributed by atoms with E-state index in [4.69, 9.17) is 4.74 Å². The molecule has 0 saturated heterocycles. The van der Waals surface area contributed by atoms with Gasteiger partial charge in [-0.1, -0.05) is 0 Å². The standard InChI is InChI=1S/C16H24N4O2/c1-5-17-16-18-12(4)13-10-11(3)15(21)20(14(13)19-16)8-7-9-22-6-2/h10H,5-9H2,1-4H3,(H,17,18,19). The summed E-state index contributed by atoms with van der Waals surface area (Å²) in [5.74, 6) is 0.564. The number of aryl methyl sites for hydroxylation is 3. The van der Waals surface area contributed by atoms with Crippen molar-refractivity contribution in [2.75, 3.05) is 25.1 Å². The molecule has 0 aromatic carbocycles. The minimum atomic E-state index is 0.00421. The Bertz CT molecular complexity index is 709. The van der Waals surface area contributed by atoms with E-state index in [0.29, 0.717) is 36.9 Å². The number of hydrogen-bond donors (Lipinski definition) is 1. The zero-order chi connectivity index (χ0) is 16.1. The fourth-order valence-corrected chi connectivity index (χ4v) is 2.44. The molecule has 2 rings (SSSR count). The molecule has 0 saturated carbocycles. The molecule has 2 heterocycles. The highest BCUT2D eigenvalue weighted by molar-refractivity contribution is 5.79. The SMILES string of the molecule is CCNc1nc(C)c2cc(C)c(=O)n(CCCOCC)c2n1. The molecule has 0 aliphatic carbocycles. The lowest BCUT2D eigenvalue weighted by Crippen LogP contribution is -2.24. The van der Waals surface area contributed by atoms with Gasteiger partial charge in [-0.2, -0.15) is 4.98 Å². The molecule has 2 aromatic rings. The maximum atomic E-state index is 12.5. The lowest BCUT2D eigenvalue weighted by molar-refractivity contribution is 0.141. The van der Waals surface area contributed by atoms with Gasteiger partial charge in [-0.3, -0.25) is 9.36 Å². The minimum Gasteiger partial charge on any atom is -0.382 e. The summed E-state index contributed by atoms with van der Waals surface area (Å²) in [4.78, 5) is 21.4. The monoisotopic (exact) mass is 304 g/mol. The Morgan fingerprint density at radius 2 is 2.05 bits per heavy atom. The summed E-state index contributed by atoms with van der Waals surface area (Å²) in [5, 5.41) is 4.04. The first-order valence-electron chi connectivity index (χ1n) is 7.78. The minimum absolute atomic E-state index is 0.00421. The van der Waals surface area contributed by atoms with Crippen molar-refractivity contribution in [3.63, 3.8) is 0 Å². The second-order valence-electron chi connectivity index (χ2n) is 5.23. The number of aromatic nitrogens is 3. The Hall–Kier alpha value is -1.95. The van der Waals surface area contributed by atoms with E-state index in [9.17, 15) is 4.79 Å². The summed E-state index contributed by atoms with van der Waals surface area (Å²) in [6.07, 6.45) is 0.784. The highest BCUT2D eigenvalue weighted by Crippen LogP contribution is 2.17. The van der Waals surface area contributed by atoms with Gasteiger partial charge in [0.25, 0.3) is 5.56 Å². The Kier molecular flexibility index (Phi) is 5.49. The van der Waals surface area contributed by atoms with E-state index in [1.165, 1.54) is 0 Å². The van der Waals surface area contributed by atoms with E-state index < -0.39 is 0 Å². The van der Waals surface area contributed by atoms with Crippen molar-refractivity contribution in [1.82, 2.24) is 14.5 Å². The van der Waals surface area contributed by atoms with E-state index in [-0.39, 0.29) is 5.56 Å². The van der Waals surface area contributed by atoms with Gasteiger partial charge in [-0.15, -0.1) is 0 Å². The second kappa shape index (κ2) is 7.35. The van der Waals surface area contributed by atoms with Crippen molar-refractivity contribution in [1.29, 1.82) is 0 Å². The fourth-order valence-electron chi connectivity index (χ4n) is 2.44. The molecular weight excluding hydrogens is 280 g/mol. The Labute approximate surface area is 130 Å². The van der Waals surface area contributed by atoms with E-state index in [0.717, 1.165) is 24.0 Å². The first-order chi connectivity index (χ1) is 10.6. The van der Waals surface area contributed by atoms with Crippen LogP contribution in [0.2, 0.25) is 0 Å². The third-order valence-electron chi connectivity index (χ3n) is 3.52. The molecule has 0 atom stereocenters. The van der Waals surface area contributed by atoms with E-state index >= 15 is 0 Å². The molecular formula is C16H24N4O2. The van der Waals surface area contributed by atoms with E-state index in [1.54, 1.807) is 4.57 Å². The molecule has 22 heavy (non-hydrogen) atoms. The predicted molar refractivity (Wildman–Crippen MR) is 88.5 cm³/mol. The maximum Gasteiger partial charge on any atom is 0.255 e. The summed E-state index contributed by atoms with van der Waals surface area (Å²) in [6.45, 7) is 10.4. The molecule has 6 heteroatoms. The molecule has 0 radical (unpaired) electrons. The van der Waals surface area contributed by atoms with Gasteiger partial charge in [0.1, 0.15) is 5.65 Å². The van der Waals surface area contributed by atoms with Crippen LogP contribution in [-0.4, -0.2) is 34.3 Å². The number of rotatable bonds is 7. The summed E-state index contributed by atoms with van der Waals surface area (Å²) in [5.41, 5.74) is 2.29. The molecule has 0 fully saturated rings. The van der Waals surface area contributed by atoms with Crippen LogP contribution in [0.15, 0.2) is 10.9 Å². The van der Waals surface area contributed by atoms with Crippen LogP contribution in [0.3, 0.4) is 0 Å². The average molecular weight is 304 g/mol. The van der Waals surface area contributed by atoms with Gasteiger partial charge < -0.3 is 10.1 Å². The molecule has 6 nitrogen and oxygen atoms in total. The molecule has 1 N–H and O–H groups in total. The summed E-state index contributed by atoms with van der Waals surface area (Å²) in [7, 11) is 0. The van der Waals surface area contributed by atoms with Crippen LogP contribution in [-0.2, 0) is 11.3 Å². The largest absolute Gasteiger partial charge is 0.382 e. The van der Waals surface area contributed by atoms with Crippen molar-refractivity contribution in [3.8, 4) is 0 Å². The van der Waals surface area contributed by atoms with Crippen LogP contribution in [0.1, 0.15) is 31.5 Å². The lowest BCUT2D eigenvalue weighted by Gasteiger charge is -2.13. The summed E-state index contributed by atoms with van der Waals surface area (Å²) >= 11 is 0. The molecule has 120 valence electrons. The predicted octanol–water partition coefficient (Wildman–Crippen LogP) is 2.27. The molecule has 0 amide bonds. The Morgan fingerprint density at radius 1 is 1.27 bits per heavy atom. The van der Waals surface area contributed by atoms with Gasteiger partial charge in [0.15, 0.2) is 0 Å². The van der Waals surface area contributed by atoms with Gasteiger partial charge in [0.05, 0.1) is 5.69 Å². The van der Waals surface area contributed by atoms with Crippen LogP contribution >= 0.6 is 0 Å². The van der Waals surface area contributed by atoms with E-state index in [1.807, 2.05) is 33.8 Å². The number of fused-ring (bicyclic) bond motifs is 1. The highest BCUT2D eigenvalue weighted by Gasteiger charge is 2.12. The first-order valence-corrected chi connectivity index (χ1v) is 7.78. The molecule has 0 bridgehead atoms. The Morgan fingerprint density at radius 3 is 2.73 bits per heavy atom. The lowest BCUT2D eigenvalue weighted by atomic mass is 10.2. The van der Waals surface area contributed by atoms with E-state index in [2.05, 4.69) is 15.3 Å². The third-order valence-corrected chi connectivity index (χ3v) is 3.52. The van der Waals surface area contributed by atoms with Crippen molar-refractivity contribution in [3.05, 3.63) is 27.7 Å². The number of pyridine rings is 1. The van der Waals surface area contributed by atoms with Crippen molar-refractivity contribution in [2.45, 2.75) is 40.7 Å². The normalized spacial score (nSPS) is 11.1. The van der Waals surface area contributed by atoms with Crippen LogP contribution in [0.25, 0.3) is 11.0 Å². The smallest absolute Gasteiger partial charge is 0.255 e. The molecule has 0 aliphatic heterocycles. The van der Waals surface area contributed by atoms with Gasteiger partial charge in [-0.25, -0.2) is 4.98 Å². The van der Waals surface area contributed by atoms with Crippen molar-refractivity contribution >= 4 is 17.0 Å². The molecule has 0 aliphatic rings. The molecule has 0 unspecified atom stereocenters. The van der Waals surface area contributed by atoms with Crippen molar-refractivity contribution in [2.24, 2.45) is 0 Å². The summed E-state index contributed by atoms with van der Waals surface area (Å²) < 4.78 is 7.10. The number of ether oxygens (including phenoxy) is 1. The van der Waals surface area contributed by atoms with Crippen LogP contribution in [0.5, 0.6) is 0 Å². The highest BCUT2D eigenvalue weighted by atomic mass is 16.5. The number of nitrogens with one attached hydrogen (secondary N) is 1.